The maximum atomic E-state index is 13.6. The second-order valence-electron chi connectivity index (χ2n) is 8.86. The van der Waals surface area contributed by atoms with Crippen LogP contribution >= 0.6 is 35.0 Å². The minimum absolute atomic E-state index is 0.170. The quantitative estimate of drug-likeness (QED) is 0.222. The number of halogens is 2. The smallest absolute Gasteiger partial charge is 0.271 e. The number of aryl methyl sites for hydroxylation is 2. The molecule has 1 fully saturated rings. The first-order chi connectivity index (χ1) is 18.4. The minimum atomic E-state index is -0.170. The minimum Gasteiger partial charge on any atom is -0.489 e. The average Bonchev–Trinajstić information content (AvgIpc) is 3.22. The lowest BCUT2D eigenvalue weighted by Gasteiger charge is -2.16. The number of thioether (sulfide) groups is 1. The third-order valence-electron chi connectivity index (χ3n) is 6.03. The van der Waals surface area contributed by atoms with Crippen molar-refractivity contribution in [1.82, 2.24) is 0 Å². The maximum Gasteiger partial charge on any atom is 0.271 e. The topological polar surface area (TPSA) is 41.9 Å². The Labute approximate surface area is 236 Å². The van der Waals surface area contributed by atoms with Gasteiger partial charge in [0.25, 0.3) is 5.91 Å². The van der Waals surface area contributed by atoms with Crippen molar-refractivity contribution in [2.24, 2.45) is 4.99 Å². The molecule has 0 N–H and O–H groups in total. The normalized spacial score (nSPS) is 15.5. The molecule has 0 saturated carbocycles. The van der Waals surface area contributed by atoms with Crippen molar-refractivity contribution < 1.29 is 9.53 Å². The number of ether oxygens (including phenoxy) is 1. The Balaban J connectivity index is 1.43. The molecule has 38 heavy (non-hydrogen) atoms. The number of amidine groups is 1. The number of nitrogens with zero attached hydrogens (tertiary/aromatic N) is 2. The van der Waals surface area contributed by atoms with Crippen LogP contribution in [0.5, 0.6) is 5.75 Å². The van der Waals surface area contributed by atoms with Crippen LogP contribution in [0.3, 0.4) is 0 Å². The SMILES string of the molecule is Cc1ccc(N=C2S/C(=C/c3ccc(OCc4ccccc4)cc3)C(=O)N2c2ccc(C)c(Cl)c2)cc1Cl. The van der Waals surface area contributed by atoms with Gasteiger partial charge in [0.1, 0.15) is 12.4 Å². The lowest BCUT2D eigenvalue weighted by molar-refractivity contribution is -0.113. The summed E-state index contributed by atoms with van der Waals surface area (Å²) in [7, 11) is 0. The van der Waals surface area contributed by atoms with E-state index in [9.17, 15) is 4.79 Å². The molecule has 7 heteroatoms. The van der Waals surface area contributed by atoms with Crippen molar-refractivity contribution in [3.8, 4) is 5.75 Å². The summed E-state index contributed by atoms with van der Waals surface area (Å²) in [6.45, 7) is 4.35. The largest absolute Gasteiger partial charge is 0.489 e. The van der Waals surface area contributed by atoms with E-state index in [4.69, 9.17) is 32.9 Å². The first kappa shape index (κ1) is 26.1. The van der Waals surface area contributed by atoms with Gasteiger partial charge in [-0.3, -0.25) is 9.69 Å². The summed E-state index contributed by atoms with van der Waals surface area (Å²) >= 11 is 14.0. The second-order valence-corrected chi connectivity index (χ2v) is 10.7. The third kappa shape index (κ3) is 5.97. The molecule has 4 nitrogen and oxygen atoms in total. The highest BCUT2D eigenvalue weighted by atomic mass is 35.5. The van der Waals surface area contributed by atoms with Crippen LogP contribution < -0.4 is 9.64 Å². The predicted molar refractivity (Wildman–Crippen MR) is 160 cm³/mol. The molecule has 1 aliphatic heterocycles. The van der Waals surface area contributed by atoms with E-state index in [0.717, 1.165) is 28.0 Å². The molecule has 4 aromatic carbocycles. The molecule has 0 spiro atoms. The molecular weight excluding hydrogens is 535 g/mol. The molecule has 0 aliphatic carbocycles. The van der Waals surface area contributed by atoms with Crippen molar-refractivity contribution in [3.63, 3.8) is 0 Å². The van der Waals surface area contributed by atoms with E-state index >= 15 is 0 Å². The molecule has 0 radical (unpaired) electrons. The number of hydrogen-bond acceptors (Lipinski definition) is 4. The molecule has 0 atom stereocenters. The van der Waals surface area contributed by atoms with Crippen LogP contribution in [-0.4, -0.2) is 11.1 Å². The van der Waals surface area contributed by atoms with Gasteiger partial charge in [-0.1, -0.05) is 77.8 Å². The number of aliphatic imine (C=N–C) groups is 1. The van der Waals surface area contributed by atoms with Crippen LogP contribution in [0.15, 0.2) is 101 Å². The van der Waals surface area contributed by atoms with Gasteiger partial charge in [0.05, 0.1) is 16.3 Å². The van der Waals surface area contributed by atoms with Crippen LogP contribution in [0.25, 0.3) is 6.08 Å². The van der Waals surface area contributed by atoms with E-state index in [1.807, 2.05) is 98.8 Å². The summed E-state index contributed by atoms with van der Waals surface area (Å²) in [5, 5.41) is 1.74. The molecule has 5 rings (SSSR count). The van der Waals surface area contributed by atoms with E-state index in [1.54, 1.807) is 17.0 Å². The zero-order chi connectivity index (χ0) is 26.6. The summed E-state index contributed by atoms with van der Waals surface area (Å²) in [5.41, 5.74) is 5.20. The zero-order valence-electron chi connectivity index (χ0n) is 20.8. The Bertz CT molecular complexity index is 1550. The lowest BCUT2D eigenvalue weighted by atomic mass is 10.2. The number of anilines is 1. The molecular formula is C31H24Cl2N2O2S. The van der Waals surface area contributed by atoms with Gasteiger partial charge in [0.2, 0.25) is 0 Å². The molecule has 0 bridgehead atoms. The third-order valence-corrected chi connectivity index (χ3v) is 7.81. The highest BCUT2D eigenvalue weighted by molar-refractivity contribution is 8.19. The Morgan fingerprint density at radius 1 is 0.868 bits per heavy atom. The molecule has 1 saturated heterocycles. The average molecular weight is 560 g/mol. The first-order valence-corrected chi connectivity index (χ1v) is 13.6. The van der Waals surface area contributed by atoms with Crippen LogP contribution in [0.4, 0.5) is 11.4 Å². The van der Waals surface area contributed by atoms with E-state index in [1.165, 1.54) is 11.8 Å². The van der Waals surface area contributed by atoms with Gasteiger partial charge in [-0.25, -0.2) is 4.99 Å². The van der Waals surface area contributed by atoms with Crippen molar-refractivity contribution in [2.75, 3.05) is 4.90 Å². The predicted octanol–water partition coefficient (Wildman–Crippen LogP) is 9.00. The number of amides is 1. The van der Waals surface area contributed by atoms with Gasteiger partial charge < -0.3 is 4.74 Å². The fourth-order valence-corrected chi connectivity index (χ4v) is 5.16. The monoisotopic (exact) mass is 558 g/mol. The standard InChI is InChI=1S/C31H24Cl2N2O2S/c1-20-8-12-24(17-27(20)32)34-31-35(25-13-9-21(2)28(33)18-25)30(36)29(38-31)16-22-10-14-26(15-11-22)37-19-23-6-4-3-5-7-23/h3-18H,19H2,1-2H3/b29-16+,34-31?. The number of carbonyl (C=O) groups excluding carboxylic acids is 1. The van der Waals surface area contributed by atoms with Gasteiger partial charge in [0, 0.05) is 10.0 Å². The fourth-order valence-electron chi connectivity index (χ4n) is 3.81. The van der Waals surface area contributed by atoms with Gasteiger partial charge in [-0.05, 0) is 90.3 Å². The number of carbonyl (C=O) groups is 1. The molecule has 1 aliphatic rings. The zero-order valence-corrected chi connectivity index (χ0v) is 23.1. The molecule has 1 amide bonds. The Hall–Kier alpha value is -3.51. The molecule has 0 unspecified atom stereocenters. The fraction of sp³-hybridized carbons (Fsp3) is 0.0968. The maximum absolute atomic E-state index is 13.6. The molecule has 190 valence electrons. The van der Waals surface area contributed by atoms with E-state index < -0.39 is 0 Å². The van der Waals surface area contributed by atoms with Gasteiger partial charge in [-0.2, -0.15) is 0 Å². The Kier molecular flexibility index (Phi) is 7.89. The molecule has 0 aromatic heterocycles. The summed E-state index contributed by atoms with van der Waals surface area (Å²) in [6.07, 6.45) is 1.86. The van der Waals surface area contributed by atoms with Crippen molar-refractivity contribution in [3.05, 3.63) is 128 Å². The number of benzene rings is 4. The lowest BCUT2D eigenvalue weighted by Crippen LogP contribution is -2.28. The van der Waals surface area contributed by atoms with Crippen LogP contribution in [-0.2, 0) is 11.4 Å². The first-order valence-electron chi connectivity index (χ1n) is 12.0. The summed E-state index contributed by atoms with van der Waals surface area (Å²) in [5.74, 6) is 0.590. The Morgan fingerprint density at radius 3 is 2.24 bits per heavy atom. The summed E-state index contributed by atoms with van der Waals surface area (Å²) < 4.78 is 5.89. The van der Waals surface area contributed by atoms with E-state index in [0.29, 0.717) is 38.1 Å². The van der Waals surface area contributed by atoms with Crippen LogP contribution in [0.2, 0.25) is 10.0 Å². The van der Waals surface area contributed by atoms with Crippen molar-refractivity contribution >= 4 is 63.5 Å². The van der Waals surface area contributed by atoms with Gasteiger partial charge in [-0.15, -0.1) is 0 Å². The van der Waals surface area contributed by atoms with Crippen molar-refractivity contribution in [2.45, 2.75) is 20.5 Å². The summed E-state index contributed by atoms with van der Waals surface area (Å²) in [6, 6.07) is 28.8. The van der Waals surface area contributed by atoms with E-state index in [2.05, 4.69) is 0 Å². The highest BCUT2D eigenvalue weighted by Gasteiger charge is 2.35. The van der Waals surface area contributed by atoms with Crippen LogP contribution in [0.1, 0.15) is 22.3 Å². The molecule has 1 heterocycles. The van der Waals surface area contributed by atoms with Crippen LogP contribution in [0, 0.1) is 13.8 Å². The Morgan fingerprint density at radius 2 is 1.55 bits per heavy atom. The number of rotatable bonds is 6. The summed E-state index contributed by atoms with van der Waals surface area (Å²) in [4.78, 5) is 20.5. The van der Waals surface area contributed by atoms with Gasteiger partial charge in [0.15, 0.2) is 5.17 Å². The van der Waals surface area contributed by atoms with E-state index in [-0.39, 0.29) is 5.91 Å². The highest BCUT2D eigenvalue weighted by Crippen LogP contribution is 2.39. The number of hydrogen-bond donors (Lipinski definition) is 0. The van der Waals surface area contributed by atoms with Crippen molar-refractivity contribution in [1.29, 1.82) is 0 Å². The molecule has 4 aromatic rings. The van der Waals surface area contributed by atoms with Gasteiger partial charge >= 0.3 is 0 Å². The second kappa shape index (κ2) is 11.5.